The molecule has 0 radical (unpaired) electrons. The standard InChI is InChI=1S/C25H32N4O/c1-5-25(4)12-10-23(27-16-25)24(28-17(2)14-19-15-18(3)29-30-19)21-11-13-26-22-9-7-6-8-20(21)22/h6-9,11,13,15,23-24,27-28H,2,5,10,12,14,16H2,1,3-4H3/t23-,24-,25+/m1/s1. The number of nitrogens with zero attached hydrogens (tertiary/aromatic N) is 2. The number of hydrogen-bond acceptors (Lipinski definition) is 5. The van der Waals surface area contributed by atoms with Gasteiger partial charge in [-0.1, -0.05) is 43.8 Å². The molecule has 0 bridgehead atoms. The number of aryl methyl sites for hydroxylation is 1. The molecule has 0 spiro atoms. The fourth-order valence-electron chi connectivity index (χ4n) is 4.42. The highest BCUT2D eigenvalue weighted by Gasteiger charge is 2.34. The average Bonchev–Trinajstić information content (AvgIpc) is 3.17. The number of allylic oxidation sites excluding steroid dienone is 1. The molecular formula is C25H32N4O. The van der Waals surface area contributed by atoms with Crippen molar-refractivity contribution in [3.63, 3.8) is 0 Å². The number of nitrogens with one attached hydrogen (secondary N) is 2. The van der Waals surface area contributed by atoms with E-state index >= 15 is 0 Å². The van der Waals surface area contributed by atoms with Gasteiger partial charge in [-0.2, -0.15) is 0 Å². The third-order valence-electron chi connectivity index (χ3n) is 6.55. The Labute approximate surface area is 179 Å². The zero-order chi connectivity index (χ0) is 21.1. The van der Waals surface area contributed by atoms with Gasteiger partial charge in [0, 0.05) is 42.4 Å². The SMILES string of the molecule is C=C(Cc1cc(C)no1)N[C@H](c1ccnc2ccccc12)[C@H]1CC[C@](C)(CC)CN1. The van der Waals surface area contributed by atoms with E-state index in [0.29, 0.717) is 17.9 Å². The number of piperidine rings is 1. The number of para-hydroxylation sites is 1. The van der Waals surface area contributed by atoms with Crippen LogP contribution < -0.4 is 10.6 Å². The van der Waals surface area contributed by atoms with Crippen LogP contribution in [0.1, 0.15) is 56.2 Å². The van der Waals surface area contributed by atoms with Gasteiger partial charge in [-0.15, -0.1) is 0 Å². The quantitative estimate of drug-likeness (QED) is 0.574. The minimum absolute atomic E-state index is 0.107. The molecule has 158 valence electrons. The molecule has 0 unspecified atom stereocenters. The van der Waals surface area contributed by atoms with Crippen LogP contribution in [0.2, 0.25) is 0 Å². The molecule has 5 heteroatoms. The Balaban J connectivity index is 1.62. The van der Waals surface area contributed by atoms with Crippen LogP contribution in [0.15, 0.2) is 59.4 Å². The van der Waals surface area contributed by atoms with Crippen molar-refractivity contribution in [2.75, 3.05) is 6.54 Å². The summed E-state index contributed by atoms with van der Waals surface area (Å²) in [5, 5.41) is 12.7. The maximum atomic E-state index is 5.40. The topological polar surface area (TPSA) is 63.0 Å². The number of aromatic nitrogens is 2. The third kappa shape index (κ3) is 4.41. The molecule has 4 rings (SSSR count). The molecule has 3 aromatic rings. The fraction of sp³-hybridized carbons (Fsp3) is 0.440. The Morgan fingerprint density at radius 3 is 2.90 bits per heavy atom. The summed E-state index contributed by atoms with van der Waals surface area (Å²) in [7, 11) is 0. The van der Waals surface area contributed by atoms with Gasteiger partial charge in [0.25, 0.3) is 0 Å². The lowest BCUT2D eigenvalue weighted by Gasteiger charge is -2.41. The van der Waals surface area contributed by atoms with Gasteiger partial charge in [0.1, 0.15) is 5.76 Å². The number of benzene rings is 1. The van der Waals surface area contributed by atoms with Gasteiger partial charge in [-0.25, -0.2) is 0 Å². The molecule has 30 heavy (non-hydrogen) atoms. The summed E-state index contributed by atoms with van der Waals surface area (Å²) in [4.78, 5) is 4.56. The number of rotatable bonds is 7. The fourth-order valence-corrected chi connectivity index (χ4v) is 4.42. The first-order chi connectivity index (χ1) is 14.5. The molecule has 1 saturated heterocycles. The largest absolute Gasteiger partial charge is 0.380 e. The van der Waals surface area contributed by atoms with E-state index in [0.717, 1.165) is 35.6 Å². The number of pyridine rings is 1. The monoisotopic (exact) mass is 404 g/mol. The van der Waals surface area contributed by atoms with E-state index in [1.165, 1.54) is 23.8 Å². The zero-order valence-corrected chi connectivity index (χ0v) is 18.2. The van der Waals surface area contributed by atoms with Crippen LogP contribution in [0, 0.1) is 12.3 Å². The van der Waals surface area contributed by atoms with Crippen LogP contribution in [0.4, 0.5) is 0 Å². The van der Waals surface area contributed by atoms with E-state index in [2.05, 4.69) is 65.5 Å². The summed E-state index contributed by atoms with van der Waals surface area (Å²) < 4.78 is 5.40. The second-order valence-corrected chi connectivity index (χ2v) is 8.94. The van der Waals surface area contributed by atoms with Crippen LogP contribution in [-0.4, -0.2) is 22.7 Å². The second-order valence-electron chi connectivity index (χ2n) is 8.94. The van der Waals surface area contributed by atoms with Gasteiger partial charge in [-0.05, 0) is 49.3 Å². The molecule has 2 N–H and O–H groups in total. The first-order valence-corrected chi connectivity index (χ1v) is 10.9. The molecule has 1 aliphatic heterocycles. The first-order valence-electron chi connectivity index (χ1n) is 10.9. The van der Waals surface area contributed by atoms with Crippen molar-refractivity contribution in [3.8, 4) is 0 Å². The highest BCUT2D eigenvalue weighted by molar-refractivity contribution is 5.82. The predicted molar refractivity (Wildman–Crippen MR) is 121 cm³/mol. The van der Waals surface area contributed by atoms with Crippen LogP contribution >= 0.6 is 0 Å². The van der Waals surface area contributed by atoms with E-state index in [1.807, 2.05) is 25.3 Å². The lowest BCUT2D eigenvalue weighted by Crippen LogP contribution is -2.50. The maximum Gasteiger partial charge on any atom is 0.142 e. The first kappa shape index (κ1) is 20.6. The predicted octanol–water partition coefficient (Wildman–Crippen LogP) is 5.09. The van der Waals surface area contributed by atoms with Crippen molar-refractivity contribution in [1.29, 1.82) is 0 Å². The van der Waals surface area contributed by atoms with Gasteiger partial charge < -0.3 is 15.2 Å². The summed E-state index contributed by atoms with van der Waals surface area (Å²) in [6.07, 6.45) is 6.07. The van der Waals surface area contributed by atoms with Crippen LogP contribution in [0.3, 0.4) is 0 Å². The number of fused-ring (bicyclic) bond motifs is 1. The normalized spacial score (nSPS) is 22.7. The summed E-state index contributed by atoms with van der Waals surface area (Å²) in [6.45, 7) is 11.9. The Kier molecular flexibility index (Phi) is 5.91. The van der Waals surface area contributed by atoms with Crippen molar-refractivity contribution in [3.05, 3.63) is 71.9 Å². The van der Waals surface area contributed by atoms with Gasteiger partial charge in [0.2, 0.25) is 0 Å². The van der Waals surface area contributed by atoms with Gasteiger partial charge >= 0.3 is 0 Å². The molecular weight excluding hydrogens is 372 g/mol. The molecule has 1 aliphatic rings. The van der Waals surface area contributed by atoms with E-state index in [9.17, 15) is 0 Å². The summed E-state index contributed by atoms with van der Waals surface area (Å²) in [6, 6.07) is 12.9. The maximum absolute atomic E-state index is 5.40. The molecule has 2 aromatic heterocycles. The van der Waals surface area contributed by atoms with Crippen molar-refractivity contribution in [1.82, 2.24) is 20.8 Å². The Morgan fingerprint density at radius 1 is 1.37 bits per heavy atom. The lowest BCUT2D eigenvalue weighted by molar-refractivity contribution is 0.174. The Bertz CT molecular complexity index is 1010. The van der Waals surface area contributed by atoms with Crippen LogP contribution in [0.5, 0.6) is 0 Å². The molecule has 1 fully saturated rings. The molecule has 0 amide bonds. The van der Waals surface area contributed by atoms with Crippen molar-refractivity contribution >= 4 is 10.9 Å². The second kappa shape index (κ2) is 8.60. The van der Waals surface area contributed by atoms with Crippen molar-refractivity contribution < 1.29 is 4.52 Å². The molecule has 3 heterocycles. The molecule has 0 aliphatic carbocycles. The average molecular weight is 405 g/mol. The zero-order valence-electron chi connectivity index (χ0n) is 18.2. The molecule has 3 atom stereocenters. The van der Waals surface area contributed by atoms with Gasteiger partial charge in [0.15, 0.2) is 0 Å². The number of hydrogen-bond donors (Lipinski definition) is 2. The van der Waals surface area contributed by atoms with Crippen molar-refractivity contribution in [2.45, 2.75) is 58.5 Å². The van der Waals surface area contributed by atoms with E-state index in [-0.39, 0.29) is 6.04 Å². The smallest absolute Gasteiger partial charge is 0.142 e. The highest BCUT2D eigenvalue weighted by Crippen LogP contribution is 2.36. The Hall–Kier alpha value is -2.66. The van der Waals surface area contributed by atoms with Crippen LogP contribution in [-0.2, 0) is 6.42 Å². The third-order valence-corrected chi connectivity index (χ3v) is 6.55. The molecule has 1 aromatic carbocycles. The van der Waals surface area contributed by atoms with Gasteiger partial charge in [0.05, 0.1) is 17.3 Å². The van der Waals surface area contributed by atoms with E-state index in [4.69, 9.17) is 4.52 Å². The van der Waals surface area contributed by atoms with Crippen LogP contribution in [0.25, 0.3) is 10.9 Å². The summed E-state index contributed by atoms with van der Waals surface area (Å²) >= 11 is 0. The lowest BCUT2D eigenvalue weighted by atomic mass is 9.76. The minimum Gasteiger partial charge on any atom is -0.380 e. The molecule has 0 saturated carbocycles. The summed E-state index contributed by atoms with van der Waals surface area (Å²) in [5.41, 5.74) is 4.47. The van der Waals surface area contributed by atoms with E-state index in [1.54, 1.807) is 0 Å². The highest BCUT2D eigenvalue weighted by atomic mass is 16.5. The van der Waals surface area contributed by atoms with Crippen molar-refractivity contribution in [2.24, 2.45) is 5.41 Å². The Morgan fingerprint density at radius 2 is 2.20 bits per heavy atom. The van der Waals surface area contributed by atoms with Gasteiger partial charge in [-0.3, -0.25) is 4.98 Å². The molecule has 5 nitrogen and oxygen atoms in total. The summed E-state index contributed by atoms with van der Waals surface area (Å²) in [5.74, 6) is 0.832. The minimum atomic E-state index is 0.107. The van der Waals surface area contributed by atoms with E-state index < -0.39 is 0 Å².